The van der Waals surface area contributed by atoms with Gasteiger partial charge in [-0.25, -0.2) is 14.4 Å². The van der Waals surface area contributed by atoms with E-state index in [1.54, 1.807) is 32.9 Å². The molecule has 0 bridgehead atoms. The second kappa shape index (κ2) is 10.3. The number of hydrogen-bond acceptors (Lipinski definition) is 6. The molecule has 7 heteroatoms. The first-order chi connectivity index (χ1) is 13.0. The minimum atomic E-state index is -1.08. The van der Waals surface area contributed by atoms with Crippen molar-refractivity contribution in [3.8, 4) is 0 Å². The van der Waals surface area contributed by atoms with Crippen molar-refractivity contribution in [1.29, 1.82) is 0 Å². The molecular formula is C21H33NO6. The number of allylic oxidation sites excluding steroid dienone is 1. The lowest BCUT2D eigenvalue weighted by molar-refractivity contribution is -0.169. The van der Waals surface area contributed by atoms with Gasteiger partial charge in [-0.2, -0.15) is 0 Å². The zero-order valence-corrected chi connectivity index (χ0v) is 17.8. The van der Waals surface area contributed by atoms with E-state index in [0.29, 0.717) is 12.3 Å². The highest BCUT2D eigenvalue weighted by Crippen LogP contribution is 2.35. The van der Waals surface area contributed by atoms with Gasteiger partial charge in [-0.15, -0.1) is 0 Å². The van der Waals surface area contributed by atoms with E-state index in [-0.39, 0.29) is 6.61 Å². The summed E-state index contributed by atoms with van der Waals surface area (Å²) in [6.45, 7) is 12.2. The zero-order chi connectivity index (χ0) is 21.5. The largest absolute Gasteiger partial charge is 0.458 e. The molecule has 0 aliphatic heterocycles. The molecule has 7 nitrogen and oxygen atoms in total. The molecular weight excluding hydrogens is 362 g/mol. The SMILES string of the molecule is C=C/C(=C\C)COC(=O)[C@@H](C)OC(=O)[C@H](CC1CC1)N(C)C(=O)OC(C)(C)C. The molecule has 1 rings (SSSR count). The van der Waals surface area contributed by atoms with Gasteiger partial charge in [0.25, 0.3) is 0 Å². The summed E-state index contributed by atoms with van der Waals surface area (Å²) >= 11 is 0. The summed E-state index contributed by atoms with van der Waals surface area (Å²) in [7, 11) is 1.51. The first kappa shape index (κ1) is 23.7. The number of carbonyl (C=O) groups is 3. The topological polar surface area (TPSA) is 82.1 Å². The molecule has 28 heavy (non-hydrogen) atoms. The van der Waals surface area contributed by atoms with E-state index in [1.165, 1.54) is 18.9 Å². The van der Waals surface area contributed by atoms with Crippen LogP contribution in [0.2, 0.25) is 0 Å². The number of ether oxygens (including phenoxy) is 3. The van der Waals surface area contributed by atoms with Crippen LogP contribution in [0.3, 0.4) is 0 Å². The smallest absolute Gasteiger partial charge is 0.410 e. The number of amides is 1. The highest BCUT2D eigenvalue weighted by Gasteiger charge is 2.37. The van der Waals surface area contributed by atoms with Crippen molar-refractivity contribution in [2.45, 2.75) is 71.6 Å². The Morgan fingerprint density at radius 2 is 1.82 bits per heavy atom. The third-order valence-electron chi connectivity index (χ3n) is 4.31. The molecule has 0 radical (unpaired) electrons. The van der Waals surface area contributed by atoms with Gasteiger partial charge in [0.1, 0.15) is 18.2 Å². The molecule has 1 fully saturated rings. The molecule has 2 atom stereocenters. The van der Waals surface area contributed by atoms with Crippen molar-refractivity contribution in [2.24, 2.45) is 5.92 Å². The summed E-state index contributed by atoms with van der Waals surface area (Å²) in [6.07, 6.45) is 4.19. The molecule has 0 spiro atoms. The molecule has 0 aromatic rings. The van der Waals surface area contributed by atoms with Crippen LogP contribution in [-0.4, -0.2) is 54.3 Å². The van der Waals surface area contributed by atoms with Crippen LogP contribution < -0.4 is 0 Å². The van der Waals surface area contributed by atoms with Crippen molar-refractivity contribution < 1.29 is 28.6 Å². The molecule has 1 aliphatic rings. The molecule has 158 valence electrons. The van der Waals surface area contributed by atoms with Crippen LogP contribution in [-0.2, 0) is 23.8 Å². The molecule has 0 saturated heterocycles. The van der Waals surface area contributed by atoms with Gasteiger partial charge in [-0.1, -0.05) is 31.6 Å². The fourth-order valence-electron chi connectivity index (χ4n) is 2.38. The van der Waals surface area contributed by atoms with Crippen LogP contribution in [0.1, 0.15) is 53.9 Å². The van der Waals surface area contributed by atoms with Crippen LogP contribution in [0.5, 0.6) is 0 Å². The minimum Gasteiger partial charge on any atom is -0.458 e. The quantitative estimate of drug-likeness (QED) is 0.337. The van der Waals surface area contributed by atoms with E-state index in [9.17, 15) is 14.4 Å². The van der Waals surface area contributed by atoms with Gasteiger partial charge in [0.2, 0.25) is 0 Å². The van der Waals surface area contributed by atoms with Crippen LogP contribution in [0.15, 0.2) is 24.3 Å². The van der Waals surface area contributed by atoms with Crippen LogP contribution >= 0.6 is 0 Å². The normalized spacial score (nSPS) is 16.6. The van der Waals surface area contributed by atoms with E-state index in [0.717, 1.165) is 18.4 Å². The summed E-state index contributed by atoms with van der Waals surface area (Å²) in [5.74, 6) is -0.922. The number of likely N-dealkylation sites (N-methyl/N-ethyl adjacent to an activating group) is 1. The second-order valence-electron chi connectivity index (χ2n) is 8.04. The molecule has 0 N–H and O–H groups in total. The molecule has 0 heterocycles. The van der Waals surface area contributed by atoms with Crippen LogP contribution in [0, 0.1) is 5.92 Å². The van der Waals surface area contributed by atoms with Gasteiger partial charge in [0.05, 0.1) is 0 Å². The van der Waals surface area contributed by atoms with Crippen molar-refractivity contribution in [1.82, 2.24) is 4.90 Å². The Morgan fingerprint density at radius 1 is 1.21 bits per heavy atom. The predicted octanol–water partition coefficient (Wildman–Crippen LogP) is 3.63. The summed E-state index contributed by atoms with van der Waals surface area (Å²) in [5.41, 5.74) is 0.0784. The Morgan fingerprint density at radius 3 is 2.29 bits per heavy atom. The maximum absolute atomic E-state index is 12.7. The third kappa shape index (κ3) is 8.15. The van der Waals surface area contributed by atoms with Crippen molar-refractivity contribution in [3.05, 3.63) is 24.3 Å². The maximum Gasteiger partial charge on any atom is 0.410 e. The maximum atomic E-state index is 12.7. The fourth-order valence-corrected chi connectivity index (χ4v) is 2.38. The number of esters is 2. The highest BCUT2D eigenvalue weighted by atomic mass is 16.6. The Hall–Kier alpha value is -2.31. The molecule has 1 amide bonds. The van der Waals surface area contributed by atoms with Crippen molar-refractivity contribution >= 4 is 18.0 Å². The Balaban J connectivity index is 2.71. The summed E-state index contributed by atoms with van der Waals surface area (Å²) in [4.78, 5) is 38.4. The van der Waals surface area contributed by atoms with Gasteiger partial charge in [0, 0.05) is 7.05 Å². The van der Waals surface area contributed by atoms with Gasteiger partial charge in [-0.3, -0.25) is 4.90 Å². The predicted molar refractivity (Wildman–Crippen MR) is 106 cm³/mol. The van der Waals surface area contributed by atoms with E-state index in [1.807, 2.05) is 6.92 Å². The number of carbonyl (C=O) groups excluding carboxylic acids is 3. The summed E-state index contributed by atoms with van der Waals surface area (Å²) < 4.78 is 15.8. The average molecular weight is 395 g/mol. The number of rotatable bonds is 9. The van der Waals surface area contributed by atoms with E-state index in [4.69, 9.17) is 14.2 Å². The lowest BCUT2D eigenvalue weighted by atomic mass is 10.1. The highest BCUT2D eigenvalue weighted by molar-refractivity contribution is 5.84. The summed E-state index contributed by atoms with van der Waals surface area (Å²) in [6, 6.07) is -0.808. The van der Waals surface area contributed by atoms with Crippen molar-refractivity contribution in [2.75, 3.05) is 13.7 Å². The summed E-state index contributed by atoms with van der Waals surface area (Å²) in [5, 5.41) is 0. The molecule has 1 saturated carbocycles. The first-order valence-electron chi connectivity index (χ1n) is 9.59. The number of nitrogens with zero attached hydrogens (tertiary/aromatic N) is 1. The molecule has 0 unspecified atom stereocenters. The Labute approximate surface area is 167 Å². The lowest BCUT2D eigenvalue weighted by Crippen LogP contribution is -2.47. The lowest BCUT2D eigenvalue weighted by Gasteiger charge is -2.30. The Bertz CT molecular complexity index is 615. The van der Waals surface area contributed by atoms with E-state index < -0.39 is 35.8 Å². The van der Waals surface area contributed by atoms with Crippen molar-refractivity contribution in [3.63, 3.8) is 0 Å². The standard InChI is InChI=1S/C21H33NO6/c1-8-15(9-2)13-26-18(23)14(3)27-19(24)17(12-16-10-11-16)22(7)20(25)28-21(4,5)6/h8-9,14,16-17H,1,10-13H2,2-7H3/b15-9+/t14-,17+/m1/s1. The molecule has 0 aromatic carbocycles. The molecule has 0 aromatic heterocycles. The second-order valence-corrected chi connectivity index (χ2v) is 8.04. The van der Waals surface area contributed by atoms with E-state index >= 15 is 0 Å². The van der Waals surface area contributed by atoms with Crippen LogP contribution in [0.4, 0.5) is 4.79 Å². The molecule has 1 aliphatic carbocycles. The van der Waals surface area contributed by atoms with Crippen LogP contribution in [0.25, 0.3) is 0 Å². The third-order valence-corrected chi connectivity index (χ3v) is 4.31. The Kier molecular flexibility index (Phi) is 8.72. The van der Waals surface area contributed by atoms with E-state index in [2.05, 4.69) is 6.58 Å². The first-order valence-corrected chi connectivity index (χ1v) is 9.59. The van der Waals surface area contributed by atoms with Gasteiger partial charge in [-0.05, 0) is 52.5 Å². The van der Waals surface area contributed by atoms with Gasteiger partial charge >= 0.3 is 18.0 Å². The number of hydrogen-bond donors (Lipinski definition) is 0. The zero-order valence-electron chi connectivity index (χ0n) is 17.8. The fraction of sp³-hybridized carbons (Fsp3) is 0.667. The van der Waals surface area contributed by atoms with Gasteiger partial charge in [0.15, 0.2) is 6.10 Å². The van der Waals surface area contributed by atoms with Gasteiger partial charge < -0.3 is 14.2 Å². The minimum absolute atomic E-state index is 0.0596. The average Bonchev–Trinajstić information content (AvgIpc) is 3.42. The monoisotopic (exact) mass is 395 g/mol.